The Morgan fingerprint density at radius 2 is 1.54 bits per heavy atom. The van der Waals surface area contributed by atoms with E-state index >= 15 is 0 Å². The molecule has 6 rings (SSSR count). The van der Waals surface area contributed by atoms with Crippen LogP contribution in [-0.4, -0.2) is 91.5 Å². The summed E-state index contributed by atoms with van der Waals surface area (Å²) >= 11 is 0. The Labute approximate surface area is 246 Å². The molecule has 0 amide bonds. The number of aromatic nitrogens is 6. The second-order valence-electron chi connectivity index (χ2n) is 13.1. The van der Waals surface area contributed by atoms with E-state index in [9.17, 15) is 0 Å². The van der Waals surface area contributed by atoms with Crippen LogP contribution in [0.25, 0.3) is 0 Å². The molecule has 3 aromatic heterocycles. The van der Waals surface area contributed by atoms with Crippen molar-refractivity contribution in [3.63, 3.8) is 0 Å². The van der Waals surface area contributed by atoms with Crippen molar-refractivity contribution in [3.05, 3.63) is 52.4 Å². The van der Waals surface area contributed by atoms with Crippen LogP contribution >= 0.6 is 0 Å². The normalized spacial score (nSPS) is 23.9. The van der Waals surface area contributed by atoms with Crippen LogP contribution in [0.5, 0.6) is 0 Å². The summed E-state index contributed by atoms with van der Waals surface area (Å²) in [7, 11) is 2.30. The molecule has 3 aliphatic rings. The maximum atomic E-state index is 5.32. The van der Waals surface area contributed by atoms with E-state index in [2.05, 4.69) is 76.3 Å². The Kier molecular flexibility index (Phi) is 8.65. The maximum absolute atomic E-state index is 5.32. The summed E-state index contributed by atoms with van der Waals surface area (Å²) in [6.45, 7) is 15.4. The van der Waals surface area contributed by atoms with Gasteiger partial charge in [-0.05, 0) is 109 Å². The number of piperidine rings is 3. The lowest BCUT2D eigenvalue weighted by Crippen LogP contribution is -2.42. The zero-order valence-electron chi connectivity index (χ0n) is 26.0. The van der Waals surface area contributed by atoms with Gasteiger partial charge < -0.3 is 15.1 Å². The number of rotatable bonds is 8. The van der Waals surface area contributed by atoms with Gasteiger partial charge in [0.15, 0.2) is 0 Å². The average Bonchev–Trinajstić information content (AvgIpc) is 3.66. The molecule has 0 spiro atoms. The molecule has 9 nitrogen and oxygen atoms in total. The SMILES string of the molecule is Cc1cn(C2CCN(CCc3cn(C4CCNCC4)nc3CC3CC(n4ncc(C)c4C)CCN3C)CC2)nc1C. The van der Waals surface area contributed by atoms with Gasteiger partial charge >= 0.3 is 0 Å². The van der Waals surface area contributed by atoms with E-state index in [0.717, 1.165) is 64.2 Å². The molecule has 0 aromatic carbocycles. The van der Waals surface area contributed by atoms with Gasteiger partial charge in [-0.2, -0.15) is 15.3 Å². The largest absolute Gasteiger partial charge is 0.317 e. The summed E-state index contributed by atoms with van der Waals surface area (Å²) in [6, 6.07) is 2.02. The van der Waals surface area contributed by atoms with Crippen LogP contribution in [0, 0.1) is 27.7 Å². The van der Waals surface area contributed by atoms with Gasteiger partial charge in [-0.25, -0.2) is 0 Å². The molecule has 3 fully saturated rings. The molecule has 6 heterocycles. The summed E-state index contributed by atoms with van der Waals surface area (Å²) in [5.74, 6) is 0. The molecule has 0 aliphatic carbocycles. The molecule has 1 N–H and O–H groups in total. The van der Waals surface area contributed by atoms with Crippen molar-refractivity contribution in [2.75, 3.05) is 46.3 Å². The first-order valence-electron chi connectivity index (χ1n) is 16.1. The van der Waals surface area contributed by atoms with Crippen LogP contribution in [0.15, 0.2) is 18.6 Å². The van der Waals surface area contributed by atoms with E-state index in [0.29, 0.717) is 24.2 Å². The van der Waals surface area contributed by atoms with Crippen LogP contribution in [0.2, 0.25) is 0 Å². The van der Waals surface area contributed by atoms with Crippen LogP contribution < -0.4 is 5.32 Å². The maximum Gasteiger partial charge on any atom is 0.0672 e. The van der Waals surface area contributed by atoms with E-state index in [4.69, 9.17) is 15.3 Å². The fraction of sp³-hybridized carbons (Fsp3) is 0.719. The Morgan fingerprint density at radius 1 is 0.829 bits per heavy atom. The minimum absolute atomic E-state index is 0.475. The first-order valence-corrected chi connectivity index (χ1v) is 16.1. The minimum Gasteiger partial charge on any atom is -0.317 e. The molecule has 0 saturated carbocycles. The number of hydrogen-bond donors (Lipinski definition) is 1. The first kappa shape index (κ1) is 28.6. The molecule has 0 radical (unpaired) electrons. The Hall–Kier alpha value is -2.49. The summed E-state index contributed by atoms with van der Waals surface area (Å²) in [5.41, 5.74) is 7.86. The summed E-state index contributed by atoms with van der Waals surface area (Å²) in [6.07, 6.45) is 15.8. The standard InChI is InChI=1S/C32H51N9/c1-23-20-34-41(26(23)4)30-9-14-37(5)31(18-30)19-32-27(22-40(36-32)28-6-12-33-13-7-28)8-15-38-16-10-29(11-17-38)39-21-24(2)25(3)35-39/h20-22,28-31,33H,6-19H2,1-5H3. The number of nitrogens with zero attached hydrogens (tertiary/aromatic N) is 8. The van der Waals surface area contributed by atoms with E-state index in [1.54, 1.807) is 0 Å². The van der Waals surface area contributed by atoms with Crippen LogP contribution in [0.4, 0.5) is 0 Å². The Bertz CT molecular complexity index is 1270. The molecule has 3 aliphatic heterocycles. The quantitative estimate of drug-likeness (QED) is 0.445. The third-order valence-electron chi connectivity index (χ3n) is 10.4. The van der Waals surface area contributed by atoms with E-state index in [1.165, 1.54) is 60.2 Å². The van der Waals surface area contributed by atoms with Crippen LogP contribution in [0.1, 0.15) is 90.4 Å². The van der Waals surface area contributed by atoms with Crippen molar-refractivity contribution in [1.29, 1.82) is 0 Å². The highest BCUT2D eigenvalue weighted by Crippen LogP contribution is 2.31. The van der Waals surface area contributed by atoms with Crippen molar-refractivity contribution in [2.24, 2.45) is 0 Å². The lowest BCUT2D eigenvalue weighted by molar-refractivity contribution is 0.136. The van der Waals surface area contributed by atoms with Gasteiger partial charge in [0.25, 0.3) is 0 Å². The fourth-order valence-electron chi connectivity index (χ4n) is 7.26. The smallest absolute Gasteiger partial charge is 0.0672 e. The van der Waals surface area contributed by atoms with Gasteiger partial charge in [-0.1, -0.05) is 0 Å². The second-order valence-corrected chi connectivity index (χ2v) is 13.1. The fourth-order valence-corrected chi connectivity index (χ4v) is 7.26. The molecule has 3 saturated heterocycles. The molecule has 3 aromatic rings. The van der Waals surface area contributed by atoms with Crippen LogP contribution in [-0.2, 0) is 12.8 Å². The predicted molar refractivity (Wildman–Crippen MR) is 164 cm³/mol. The lowest BCUT2D eigenvalue weighted by atomic mass is 9.93. The predicted octanol–water partition coefficient (Wildman–Crippen LogP) is 4.19. The molecule has 41 heavy (non-hydrogen) atoms. The third-order valence-corrected chi connectivity index (χ3v) is 10.4. The molecule has 2 atom stereocenters. The monoisotopic (exact) mass is 561 g/mol. The Morgan fingerprint density at radius 3 is 2.22 bits per heavy atom. The molecule has 0 bridgehead atoms. The van der Waals surface area contributed by atoms with Gasteiger partial charge in [0.1, 0.15) is 0 Å². The zero-order valence-corrected chi connectivity index (χ0v) is 26.0. The zero-order chi connectivity index (χ0) is 28.5. The molecular formula is C32H51N9. The molecule has 224 valence electrons. The van der Waals surface area contributed by atoms with Crippen LogP contribution in [0.3, 0.4) is 0 Å². The van der Waals surface area contributed by atoms with E-state index in [1.807, 2.05) is 6.20 Å². The van der Waals surface area contributed by atoms with Gasteiger partial charge in [-0.3, -0.25) is 14.0 Å². The number of aryl methyl sites for hydroxylation is 3. The van der Waals surface area contributed by atoms with Crippen molar-refractivity contribution in [2.45, 2.75) is 103 Å². The summed E-state index contributed by atoms with van der Waals surface area (Å²) in [4.78, 5) is 5.23. The highest BCUT2D eigenvalue weighted by atomic mass is 15.3. The molecule has 9 heteroatoms. The number of likely N-dealkylation sites (tertiary alicyclic amines) is 2. The van der Waals surface area contributed by atoms with Gasteiger partial charge in [0.05, 0.1) is 35.7 Å². The van der Waals surface area contributed by atoms with E-state index in [-0.39, 0.29) is 0 Å². The summed E-state index contributed by atoms with van der Waals surface area (Å²) in [5, 5.41) is 18.4. The number of likely N-dealkylation sites (N-methyl/N-ethyl adjacent to an activating group) is 1. The lowest BCUT2D eigenvalue weighted by Gasteiger charge is -2.37. The van der Waals surface area contributed by atoms with Crippen molar-refractivity contribution < 1.29 is 0 Å². The van der Waals surface area contributed by atoms with Gasteiger partial charge in [-0.15, -0.1) is 0 Å². The van der Waals surface area contributed by atoms with Crippen molar-refractivity contribution in [3.8, 4) is 0 Å². The second kappa shape index (κ2) is 12.4. The number of nitrogens with one attached hydrogen (secondary N) is 1. The summed E-state index contributed by atoms with van der Waals surface area (Å²) < 4.78 is 6.85. The molecular weight excluding hydrogens is 510 g/mol. The topological polar surface area (TPSA) is 72.0 Å². The first-order chi connectivity index (χ1) is 19.9. The van der Waals surface area contributed by atoms with Crippen molar-refractivity contribution >= 4 is 0 Å². The Balaban J connectivity index is 1.13. The van der Waals surface area contributed by atoms with E-state index < -0.39 is 0 Å². The molecule has 2 unspecified atom stereocenters. The van der Waals surface area contributed by atoms with Crippen molar-refractivity contribution in [1.82, 2.24) is 44.5 Å². The minimum atomic E-state index is 0.475. The van der Waals surface area contributed by atoms with Gasteiger partial charge in [0, 0.05) is 56.7 Å². The highest BCUT2D eigenvalue weighted by molar-refractivity contribution is 5.20. The van der Waals surface area contributed by atoms with Gasteiger partial charge in [0.2, 0.25) is 0 Å². The average molecular weight is 562 g/mol. The third kappa shape index (κ3) is 6.32. The number of hydrogen-bond acceptors (Lipinski definition) is 6. The highest BCUT2D eigenvalue weighted by Gasteiger charge is 2.31.